The Balaban J connectivity index is 1.33. The topological polar surface area (TPSA) is 60.3 Å². The van der Waals surface area contributed by atoms with E-state index >= 15 is 0 Å². The number of benzene rings is 3. The van der Waals surface area contributed by atoms with E-state index in [0.717, 1.165) is 16.3 Å². The number of pyridine rings is 1. The van der Waals surface area contributed by atoms with Gasteiger partial charge in [-0.25, -0.2) is 0 Å². The Morgan fingerprint density at radius 3 is 2.41 bits per heavy atom. The molecule has 4 aromatic rings. The average molecular weight is 384 g/mol. The van der Waals surface area contributed by atoms with Crippen molar-refractivity contribution in [3.8, 4) is 5.75 Å². The average Bonchev–Trinajstić information content (AvgIpc) is 2.75. The van der Waals surface area contributed by atoms with Crippen molar-refractivity contribution < 1.29 is 9.53 Å². The van der Waals surface area contributed by atoms with Crippen molar-refractivity contribution in [3.63, 3.8) is 0 Å². The van der Waals surface area contributed by atoms with Crippen molar-refractivity contribution in [3.05, 3.63) is 107 Å². The molecule has 0 atom stereocenters. The van der Waals surface area contributed by atoms with Gasteiger partial charge in [-0.1, -0.05) is 48.5 Å². The molecule has 0 fully saturated rings. The third-order valence-corrected chi connectivity index (χ3v) is 4.58. The minimum atomic E-state index is -0.231. The van der Waals surface area contributed by atoms with Gasteiger partial charge in [0.05, 0.1) is 6.54 Å². The lowest BCUT2D eigenvalue weighted by molar-refractivity contribution is -0.118. The maximum absolute atomic E-state index is 12.2. The number of carbonyl (C=O) groups excluding carboxylic acids is 1. The number of hydrogen-bond donors (Lipinski definition) is 1. The highest BCUT2D eigenvalue weighted by atomic mass is 16.5. The second-order valence-electron chi connectivity index (χ2n) is 6.71. The first-order valence-electron chi connectivity index (χ1n) is 9.33. The van der Waals surface area contributed by atoms with Crippen LogP contribution in [0.4, 0.5) is 5.69 Å². The largest absolute Gasteiger partial charge is 0.484 e. The lowest BCUT2D eigenvalue weighted by atomic mass is 10.1. The van der Waals surface area contributed by atoms with Crippen molar-refractivity contribution >= 4 is 22.4 Å². The van der Waals surface area contributed by atoms with Crippen molar-refractivity contribution in [1.82, 2.24) is 4.57 Å². The van der Waals surface area contributed by atoms with Gasteiger partial charge in [0.1, 0.15) is 5.75 Å². The van der Waals surface area contributed by atoms with E-state index in [-0.39, 0.29) is 18.1 Å². The maximum atomic E-state index is 12.2. The lowest BCUT2D eigenvalue weighted by Crippen LogP contribution is -2.20. The number of amides is 1. The van der Waals surface area contributed by atoms with Crippen LogP contribution in [0.1, 0.15) is 5.56 Å². The van der Waals surface area contributed by atoms with Crippen LogP contribution in [0.3, 0.4) is 0 Å². The van der Waals surface area contributed by atoms with Gasteiger partial charge in [-0.05, 0) is 46.7 Å². The smallest absolute Gasteiger partial charge is 0.262 e. The van der Waals surface area contributed by atoms with E-state index < -0.39 is 0 Å². The summed E-state index contributed by atoms with van der Waals surface area (Å²) in [5.74, 6) is 0.424. The van der Waals surface area contributed by atoms with Gasteiger partial charge >= 0.3 is 0 Å². The molecule has 1 heterocycles. The van der Waals surface area contributed by atoms with Crippen LogP contribution in [0.5, 0.6) is 5.75 Å². The maximum Gasteiger partial charge on any atom is 0.262 e. The minimum absolute atomic E-state index is 0.0456. The summed E-state index contributed by atoms with van der Waals surface area (Å²) in [4.78, 5) is 24.0. The van der Waals surface area contributed by atoms with Gasteiger partial charge in [0, 0.05) is 18.0 Å². The first-order valence-corrected chi connectivity index (χ1v) is 9.33. The molecule has 5 nitrogen and oxygen atoms in total. The molecule has 1 aromatic heterocycles. The van der Waals surface area contributed by atoms with Crippen LogP contribution in [0.15, 0.2) is 95.9 Å². The van der Waals surface area contributed by atoms with Gasteiger partial charge < -0.3 is 14.6 Å². The fourth-order valence-electron chi connectivity index (χ4n) is 3.08. The SMILES string of the molecule is O=C(COc1ccc2ccccc2c1)Nc1ccc(Cn2ccccc2=O)cc1. The number of nitrogens with one attached hydrogen (secondary N) is 1. The van der Waals surface area contributed by atoms with Gasteiger partial charge in [0.25, 0.3) is 11.5 Å². The molecule has 1 N–H and O–H groups in total. The van der Waals surface area contributed by atoms with Crippen molar-refractivity contribution in [2.45, 2.75) is 6.54 Å². The minimum Gasteiger partial charge on any atom is -0.484 e. The molecule has 0 aliphatic heterocycles. The van der Waals surface area contributed by atoms with E-state index in [0.29, 0.717) is 18.0 Å². The molecule has 0 saturated carbocycles. The molecule has 0 aliphatic carbocycles. The summed E-state index contributed by atoms with van der Waals surface area (Å²) in [6.45, 7) is 0.415. The third-order valence-electron chi connectivity index (χ3n) is 4.58. The van der Waals surface area contributed by atoms with Crippen LogP contribution in [0, 0.1) is 0 Å². The summed E-state index contributed by atoms with van der Waals surface area (Å²) in [6.07, 6.45) is 1.75. The zero-order valence-electron chi connectivity index (χ0n) is 15.7. The fraction of sp³-hybridized carbons (Fsp3) is 0.0833. The number of ether oxygens (including phenoxy) is 1. The van der Waals surface area contributed by atoms with E-state index in [4.69, 9.17) is 4.74 Å². The number of hydrogen-bond acceptors (Lipinski definition) is 3. The Labute approximate surface area is 168 Å². The molecule has 0 aliphatic rings. The number of nitrogens with zero attached hydrogens (tertiary/aromatic N) is 1. The summed E-state index contributed by atoms with van der Waals surface area (Å²) < 4.78 is 7.24. The van der Waals surface area contributed by atoms with Gasteiger partial charge in [-0.2, -0.15) is 0 Å². The molecular formula is C24H20N2O3. The van der Waals surface area contributed by atoms with Crippen LogP contribution in [-0.4, -0.2) is 17.1 Å². The predicted molar refractivity (Wildman–Crippen MR) is 114 cm³/mol. The molecule has 0 bridgehead atoms. The van der Waals surface area contributed by atoms with Crippen LogP contribution in [-0.2, 0) is 11.3 Å². The van der Waals surface area contributed by atoms with Gasteiger partial charge in [0.2, 0.25) is 0 Å². The quantitative estimate of drug-likeness (QED) is 0.545. The summed E-state index contributed by atoms with van der Waals surface area (Å²) in [6, 6.07) is 26.2. The Morgan fingerprint density at radius 1 is 0.862 bits per heavy atom. The second kappa shape index (κ2) is 8.44. The first-order chi connectivity index (χ1) is 14.2. The van der Waals surface area contributed by atoms with E-state index in [9.17, 15) is 9.59 Å². The number of aromatic nitrogens is 1. The zero-order chi connectivity index (χ0) is 20.1. The van der Waals surface area contributed by atoms with Gasteiger partial charge in [-0.15, -0.1) is 0 Å². The molecule has 0 saturated heterocycles. The first kappa shape index (κ1) is 18.5. The normalized spacial score (nSPS) is 10.6. The summed E-state index contributed by atoms with van der Waals surface area (Å²) in [5, 5.41) is 5.01. The van der Waals surface area contributed by atoms with Gasteiger partial charge in [-0.3, -0.25) is 9.59 Å². The molecule has 29 heavy (non-hydrogen) atoms. The van der Waals surface area contributed by atoms with E-state index in [2.05, 4.69) is 5.32 Å². The molecule has 0 unspecified atom stereocenters. The number of anilines is 1. The predicted octanol–water partition coefficient (Wildman–Crippen LogP) is 4.07. The standard InChI is InChI=1S/C24H20N2O3/c27-23(17-29-22-13-10-19-5-1-2-6-20(19)15-22)25-21-11-8-18(9-12-21)16-26-14-4-3-7-24(26)28/h1-15H,16-17H2,(H,25,27). The molecule has 3 aromatic carbocycles. The van der Waals surface area contributed by atoms with Crippen molar-refractivity contribution in [2.75, 3.05) is 11.9 Å². The van der Waals surface area contributed by atoms with Crippen LogP contribution >= 0.6 is 0 Å². The number of rotatable bonds is 6. The Hall–Kier alpha value is -3.86. The molecule has 1 amide bonds. The summed E-state index contributed by atoms with van der Waals surface area (Å²) in [7, 11) is 0. The molecule has 0 radical (unpaired) electrons. The Kier molecular flexibility index (Phi) is 5.38. The lowest BCUT2D eigenvalue weighted by Gasteiger charge is -2.09. The number of carbonyl (C=O) groups is 1. The highest BCUT2D eigenvalue weighted by Crippen LogP contribution is 2.20. The van der Waals surface area contributed by atoms with E-state index in [1.54, 1.807) is 16.8 Å². The van der Waals surface area contributed by atoms with Gasteiger partial charge in [0.15, 0.2) is 6.61 Å². The monoisotopic (exact) mass is 384 g/mol. The molecular weight excluding hydrogens is 364 g/mol. The highest BCUT2D eigenvalue weighted by molar-refractivity contribution is 5.92. The molecule has 144 valence electrons. The van der Waals surface area contributed by atoms with Crippen LogP contribution < -0.4 is 15.6 Å². The number of fused-ring (bicyclic) bond motifs is 1. The molecule has 0 spiro atoms. The zero-order valence-corrected chi connectivity index (χ0v) is 15.7. The highest BCUT2D eigenvalue weighted by Gasteiger charge is 2.05. The van der Waals surface area contributed by atoms with E-state index in [1.165, 1.54) is 6.07 Å². The van der Waals surface area contributed by atoms with E-state index in [1.807, 2.05) is 72.8 Å². The fourth-order valence-corrected chi connectivity index (χ4v) is 3.08. The molecule has 4 rings (SSSR count). The van der Waals surface area contributed by atoms with Crippen molar-refractivity contribution in [2.24, 2.45) is 0 Å². The summed E-state index contributed by atoms with van der Waals surface area (Å²) in [5.41, 5.74) is 1.61. The second-order valence-corrected chi connectivity index (χ2v) is 6.71. The molecule has 5 heteroatoms. The van der Waals surface area contributed by atoms with Crippen molar-refractivity contribution in [1.29, 1.82) is 0 Å². The Morgan fingerprint density at radius 2 is 1.62 bits per heavy atom. The van der Waals surface area contributed by atoms with Crippen LogP contribution in [0.25, 0.3) is 10.8 Å². The Bertz CT molecular complexity index is 1200. The van der Waals surface area contributed by atoms with Crippen LogP contribution in [0.2, 0.25) is 0 Å². The summed E-state index contributed by atoms with van der Waals surface area (Å²) >= 11 is 0. The third kappa shape index (κ3) is 4.71.